The van der Waals surface area contributed by atoms with E-state index in [1.807, 2.05) is 0 Å². The molecule has 0 saturated heterocycles. The fourth-order valence-electron chi connectivity index (χ4n) is 2.74. The average molecular weight is 243 g/mol. The Balaban J connectivity index is 2.15. The molecule has 0 radical (unpaired) electrons. The quantitative estimate of drug-likeness (QED) is 0.598. The molecule has 3 heteroatoms. The zero-order valence-electron chi connectivity index (χ0n) is 11.5. The Hall–Kier alpha value is -0.120. The second-order valence-corrected chi connectivity index (χ2v) is 5.01. The van der Waals surface area contributed by atoms with Gasteiger partial charge in [0.25, 0.3) is 0 Å². The third-order valence-corrected chi connectivity index (χ3v) is 3.79. The molecular weight excluding hydrogens is 214 g/mol. The lowest BCUT2D eigenvalue weighted by molar-refractivity contribution is 0.0595. The Morgan fingerprint density at radius 3 is 2.59 bits per heavy atom. The van der Waals surface area contributed by atoms with Gasteiger partial charge in [0.2, 0.25) is 0 Å². The smallest absolute Gasteiger partial charge is 0.0700 e. The molecule has 0 bridgehead atoms. The van der Waals surface area contributed by atoms with Gasteiger partial charge in [-0.3, -0.25) is 0 Å². The van der Waals surface area contributed by atoms with Crippen LogP contribution in [-0.4, -0.2) is 40.0 Å². The van der Waals surface area contributed by atoms with E-state index in [4.69, 9.17) is 9.47 Å². The van der Waals surface area contributed by atoms with Crippen LogP contribution in [-0.2, 0) is 9.47 Å². The molecular formula is C14H29NO2. The molecule has 1 atom stereocenters. The summed E-state index contributed by atoms with van der Waals surface area (Å²) >= 11 is 0. The van der Waals surface area contributed by atoms with E-state index in [2.05, 4.69) is 12.2 Å². The van der Waals surface area contributed by atoms with Gasteiger partial charge in [-0.1, -0.05) is 32.6 Å². The van der Waals surface area contributed by atoms with Crippen LogP contribution in [0.15, 0.2) is 0 Å². The highest BCUT2D eigenvalue weighted by molar-refractivity contribution is 4.77. The van der Waals surface area contributed by atoms with Crippen LogP contribution in [0.5, 0.6) is 0 Å². The molecule has 1 unspecified atom stereocenters. The maximum Gasteiger partial charge on any atom is 0.0700 e. The van der Waals surface area contributed by atoms with Crippen molar-refractivity contribution in [1.82, 2.24) is 5.32 Å². The second kappa shape index (κ2) is 9.86. The van der Waals surface area contributed by atoms with Crippen LogP contribution in [0.25, 0.3) is 0 Å². The summed E-state index contributed by atoms with van der Waals surface area (Å²) in [5, 5.41) is 3.50. The van der Waals surface area contributed by atoms with Gasteiger partial charge in [-0.25, -0.2) is 0 Å². The molecule has 0 aromatic carbocycles. The van der Waals surface area contributed by atoms with Gasteiger partial charge in [-0.15, -0.1) is 0 Å². The summed E-state index contributed by atoms with van der Waals surface area (Å²) in [7, 11) is 1.72. The minimum Gasteiger partial charge on any atom is -0.382 e. The Kier molecular flexibility index (Phi) is 8.67. The first-order valence-corrected chi connectivity index (χ1v) is 7.15. The molecule has 1 aliphatic carbocycles. The standard InChI is InChI=1S/C14H29NO2/c1-3-15-12-14(13-6-4-5-7-13)8-9-17-11-10-16-2/h13-15H,3-12H2,1-2H3. The van der Waals surface area contributed by atoms with E-state index in [0.717, 1.165) is 38.1 Å². The van der Waals surface area contributed by atoms with E-state index < -0.39 is 0 Å². The first-order valence-electron chi connectivity index (χ1n) is 7.15. The Morgan fingerprint density at radius 2 is 1.94 bits per heavy atom. The first-order chi connectivity index (χ1) is 8.38. The number of rotatable bonds is 10. The molecule has 1 rings (SSSR count). The number of ether oxygens (including phenoxy) is 2. The van der Waals surface area contributed by atoms with Crippen molar-refractivity contribution in [3.8, 4) is 0 Å². The van der Waals surface area contributed by atoms with Gasteiger partial charge in [-0.05, 0) is 31.3 Å². The summed E-state index contributed by atoms with van der Waals surface area (Å²) in [4.78, 5) is 0. The topological polar surface area (TPSA) is 30.5 Å². The van der Waals surface area contributed by atoms with Crippen LogP contribution >= 0.6 is 0 Å². The van der Waals surface area contributed by atoms with E-state index in [1.165, 1.54) is 32.1 Å². The number of hydrogen-bond acceptors (Lipinski definition) is 3. The molecule has 3 nitrogen and oxygen atoms in total. The van der Waals surface area contributed by atoms with E-state index >= 15 is 0 Å². The van der Waals surface area contributed by atoms with Gasteiger partial charge < -0.3 is 14.8 Å². The summed E-state index contributed by atoms with van der Waals surface area (Å²) in [6.07, 6.45) is 6.90. The zero-order valence-corrected chi connectivity index (χ0v) is 11.5. The lowest BCUT2D eigenvalue weighted by atomic mass is 9.88. The summed E-state index contributed by atoms with van der Waals surface area (Å²) in [5.41, 5.74) is 0. The van der Waals surface area contributed by atoms with Crippen LogP contribution in [0.1, 0.15) is 39.0 Å². The fourth-order valence-corrected chi connectivity index (χ4v) is 2.74. The first kappa shape index (κ1) is 14.9. The maximum absolute atomic E-state index is 5.59. The third kappa shape index (κ3) is 6.39. The van der Waals surface area contributed by atoms with Gasteiger partial charge in [0.1, 0.15) is 0 Å². The Morgan fingerprint density at radius 1 is 1.18 bits per heavy atom. The molecule has 0 aromatic heterocycles. The van der Waals surface area contributed by atoms with Crippen LogP contribution in [0.4, 0.5) is 0 Å². The third-order valence-electron chi connectivity index (χ3n) is 3.79. The van der Waals surface area contributed by atoms with Crippen LogP contribution in [0.2, 0.25) is 0 Å². The number of hydrogen-bond donors (Lipinski definition) is 1. The van der Waals surface area contributed by atoms with Gasteiger partial charge in [0.05, 0.1) is 13.2 Å². The molecule has 0 amide bonds. The Labute approximate surface area is 106 Å². The predicted molar refractivity (Wildman–Crippen MR) is 71.3 cm³/mol. The van der Waals surface area contributed by atoms with Crippen LogP contribution < -0.4 is 5.32 Å². The van der Waals surface area contributed by atoms with Crippen LogP contribution in [0.3, 0.4) is 0 Å². The summed E-state index contributed by atoms with van der Waals surface area (Å²) in [6.45, 7) is 6.75. The molecule has 0 heterocycles. The van der Waals surface area contributed by atoms with E-state index in [9.17, 15) is 0 Å². The van der Waals surface area contributed by atoms with Gasteiger partial charge in [-0.2, -0.15) is 0 Å². The molecule has 0 aromatic rings. The number of nitrogens with one attached hydrogen (secondary N) is 1. The number of methoxy groups -OCH3 is 1. The lowest BCUT2D eigenvalue weighted by Crippen LogP contribution is -2.28. The van der Waals surface area contributed by atoms with E-state index in [0.29, 0.717) is 6.61 Å². The molecule has 1 N–H and O–H groups in total. The molecule has 1 saturated carbocycles. The molecule has 0 spiro atoms. The van der Waals surface area contributed by atoms with Gasteiger partial charge in [0, 0.05) is 13.7 Å². The molecule has 1 fully saturated rings. The zero-order chi connectivity index (χ0) is 12.3. The molecule has 102 valence electrons. The summed E-state index contributed by atoms with van der Waals surface area (Å²) in [5.74, 6) is 1.74. The second-order valence-electron chi connectivity index (χ2n) is 5.01. The molecule has 0 aliphatic heterocycles. The van der Waals surface area contributed by atoms with Crippen molar-refractivity contribution in [2.75, 3.05) is 40.0 Å². The van der Waals surface area contributed by atoms with Crippen molar-refractivity contribution in [2.24, 2.45) is 11.8 Å². The highest BCUT2D eigenvalue weighted by Crippen LogP contribution is 2.32. The van der Waals surface area contributed by atoms with E-state index in [-0.39, 0.29) is 0 Å². The normalized spacial score (nSPS) is 18.7. The minimum atomic E-state index is 0.710. The minimum absolute atomic E-state index is 0.710. The predicted octanol–water partition coefficient (Wildman–Crippen LogP) is 2.46. The van der Waals surface area contributed by atoms with Crippen molar-refractivity contribution in [2.45, 2.75) is 39.0 Å². The van der Waals surface area contributed by atoms with Gasteiger partial charge in [0.15, 0.2) is 0 Å². The highest BCUT2D eigenvalue weighted by atomic mass is 16.5. The average Bonchev–Trinajstić information content (AvgIpc) is 2.86. The Bertz CT molecular complexity index is 170. The van der Waals surface area contributed by atoms with Crippen molar-refractivity contribution < 1.29 is 9.47 Å². The largest absolute Gasteiger partial charge is 0.382 e. The van der Waals surface area contributed by atoms with Crippen molar-refractivity contribution in [3.63, 3.8) is 0 Å². The van der Waals surface area contributed by atoms with Crippen LogP contribution in [0, 0.1) is 11.8 Å². The fraction of sp³-hybridized carbons (Fsp3) is 1.00. The van der Waals surface area contributed by atoms with E-state index in [1.54, 1.807) is 7.11 Å². The molecule has 17 heavy (non-hydrogen) atoms. The molecule has 1 aliphatic rings. The maximum atomic E-state index is 5.59. The summed E-state index contributed by atoms with van der Waals surface area (Å²) < 4.78 is 10.6. The lowest BCUT2D eigenvalue weighted by Gasteiger charge is -2.23. The van der Waals surface area contributed by atoms with Gasteiger partial charge >= 0.3 is 0 Å². The SMILES string of the molecule is CCNCC(CCOCCOC)C1CCCC1. The van der Waals surface area contributed by atoms with Crippen molar-refractivity contribution in [1.29, 1.82) is 0 Å². The van der Waals surface area contributed by atoms with Crippen molar-refractivity contribution in [3.05, 3.63) is 0 Å². The van der Waals surface area contributed by atoms with Crippen molar-refractivity contribution >= 4 is 0 Å². The highest BCUT2D eigenvalue weighted by Gasteiger charge is 2.24. The monoisotopic (exact) mass is 243 g/mol. The summed E-state index contributed by atoms with van der Waals surface area (Å²) in [6, 6.07) is 0.